The number of hydrogen-bond donors (Lipinski definition) is 3. The lowest BCUT2D eigenvalue weighted by atomic mass is 9.87. The lowest BCUT2D eigenvalue weighted by Crippen LogP contribution is -2.40. The lowest BCUT2D eigenvalue weighted by molar-refractivity contribution is 0.176. The van der Waals surface area contributed by atoms with Crippen LogP contribution in [0.2, 0.25) is 5.02 Å². The molecule has 0 heterocycles. The normalized spacial score (nSPS) is 22.4. The van der Waals surface area contributed by atoms with E-state index in [1.54, 1.807) is 0 Å². The molecule has 20 heavy (non-hydrogen) atoms. The predicted octanol–water partition coefficient (Wildman–Crippen LogP) is 3.15. The Morgan fingerprint density at radius 3 is 2.65 bits per heavy atom. The Morgan fingerprint density at radius 2 is 2.05 bits per heavy atom. The number of amides is 2. The van der Waals surface area contributed by atoms with Crippen LogP contribution in [0.5, 0.6) is 0 Å². The van der Waals surface area contributed by atoms with Crippen LogP contribution in [0.1, 0.15) is 25.7 Å². The SMILES string of the molecule is O=C(Nc1ccc(F)cc1Cl)NC1CCC(CO)CC1. The Hall–Kier alpha value is -1.33. The van der Waals surface area contributed by atoms with Crippen molar-refractivity contribution in [3.8, 4) is 0 Å². The molecule has 1 aromatic rings. The third kappa shape index (κ3) is 4.08. The third-order valence-electron chi connectivity index (χ3n) is 3.62. The molecule has 2 rings (SSSR count). The van der Waals surface area contributed by atoms with Crippen molar-refractivity contribution in [3.05, 3.63) is 29.0 Å². The van der Waals surface area contributed by atoms with E-state index < -0.39 is 5.82 Å². The number of rotatable bonds is 3. The van der Waals surface area contributed by atoms with Crippen LogP contribution in [-0.4, -0.2) is 23.8 Å². The van der Waals surface area contributed by atoms with Gasteiger partial charge in [-0.1, -0.05) is 11.6 Å². The summed E-state index contributed by atoms with van der Waals surface area (Å²) in [7, 11) is 0. The number of nitrogens with one attached hydrogen (secondary N) is 2. The molecule has 0 unspecified atom stereocenters. The molecular weight excluding hydrogens is 283 g/mol. The number of urea groups is 1. The Bertz CT molecular complexity index is 476. The number of anilines is 1. The number of carbonyl (C=O) groups excluding carboxylic acids is 1. The second kappa shape index (κ2) is 6.90. The van der Waals surface area contributed by atoms with Crippen LogP contribution in [0.15, 0.2) is 18.2 Å². The molecule has 0 atom stereocenters. The van der Waals surface area contributed by atoms with Crippen LogP contribution >= 0.6 is 11.6 Å². The first-order chi connectivity index (χ1) is 9.58. The van der Waals surface area contributed by atoms with Crippen LogP contribution in [-0.2, 0) is 0 Å². The smallest absolute Gasteiger partial charge is 0.319 e. The highest BCUT2D eigenvalue weighted by Gasteiger charge is 2.21. The number of carbonyl (C=O) groups is 1. The van der Waals surface area contributed by atoms with E-state index in [-0.39, 0.29) is 23.7 Å². The second-order valence-electron chi connectivity index (χ2n) is 5.12. The summed E-state index contributed by atoms with van der Waals surface area (Å²) in [6.45, 7) is 0.212. The fourth-order valence-corrected chi connectivity index (χ4v) is 2.64. The van der Waals surface area contributed by atoms with Crippen molar-refractivity contribution in [2.45, 2.75) is 31.7 Å². The molecular formula is C14H18ClFN2O2. The van der Waals surface area contributed by atoms with E-state index in [2.05, 4.69) is 10.6 Å². The number of aliphatic hydroxyl groups excluding tert-OH is 1. The van der Waals surface area contributed by atoms with Crippen LogP contribution in [0.3, 0.4) is 0 Å². The van der Waals surface area contributed by atoms with E-state index >= 15 is 0 Å². The van der Waals surface area contributed by atoms with Crippen LogP contribution in [0.25, 0.3) is 0 Å². The van der Waals surface area contributed by atoms with Crippen molar-refractivity contribution in [1.82, 2.24) is 5.32 Å². The summed E-state index contributed by atoms with van der Waals surface area (Å²) in [4.78, 5) is 11.8. The molecule has 1 saturated carbocycles. The standard InChI is InChI=1S/C14H18ClFN2O2/c15-12-7-10(16)3-6-13(12)18-14(20)17-11-4-1-9(8-19)2-5-11/h3,6-7,9,11,19H,1-2,4-5,8H2,(H2,17,18,20). The summed E-state index contributed by atoms with van der Waals surface area (Å²) in [5.41, 5.74) is 0.384. The molecule has 0 aromatic heterocycles. The fourth-order valence-electron chi connectivity index (χ4n) is 2.42. The van der Waals surface area contributed by atoms with Gasteiger partial charge in [0.15, 0.2) is 0 Å². The quantitative estimate of drug-likeness (QED) is 0.803. The van der Waals surface area contributed by atoms with Gasteiger partial charge in [0.25, 0.3) is 0 Å². The number of aliphatic hydroxyl groups is 1. The highest BCUT2D eigenvalue weighted by Crippen LogP contribution is 2.25. The van der Waals surface area contributed by atoms with E-state index in [1.807, 2.05) is 0 Å². The zero-order chi connectivity index (χ0) is 14.5. The molecule has 2 amide bonds. The molecule has 0 saturated heterocycles. The Kier molecular flexibility index (Phi) is 5.20. The molecule has 1 aliphatic carbocycles. The minimum Gasteiger partial charge on any atom is -0.396 e. The Balaban J connectivity index is 1.84. The van der Waals surface area contributed by atoms with Gasteiger partial charge in [0.05, 0.1) is 10.7 Å². The maximum atomic E-state index is 12.9. The first kappa shape index (κ1) is 15.1. The topological polar surface area (TPSA) is 61.4 Å². The van der Waals surface area contributed by atoms with Crippen LogP contribution < -0.4 is 10.6 Å². The summed E-state index contributed by atoms with van der Waals surface area (Å²) in [5.74, 6) is -0.0917. The molecule has 1 fully saturated rings. The highest BCUT2D eigenvalue weighted by atomic mass is 35.5. The molecule has 0 aliphatic heterocycles. The van der Waals surface area contributed by atoms with E-state index in [0.717, 1.165) is 31.7 Å². The van der Waals surface area contributed by atoms with Crippen molar-refractivity contribution in [3.63, 3.8) is 0 Å². The van der Waals surface area contributed by atoms with Gasteiger partial charge < -0.3 is 15.7 Å². The molecule has 0 radical (unpaired) electrons. The highest BCUT2D eigenvalue weighted by molar-refractivity contribution is 6.33. The van der Waals surface area contributed by atoms with E-state index in [0.29, 0.717) is 11.6 Å². The van der Waals surface area contributed by atoms with Crippen molar-refractivity contribution in [1.29, 1.82) is 0 Å². The maximum absolute atomic E-state index is 12.9. The average molecular weight is 301 g/mol. The predicted molar refractivity (Wildman–Crippen MR) is 76.4 cm³/mol. The molecule has 110 valence electrons. The fraction of sp³-hybridized carbons (Fsp3) is 0.500. The zero-order valence-electron chi connectivity index (χ0n) is 11.0. The number of halogens is 2. The molecule has 1 aromatic carbocycles. The summed E-state index contributed by atoms with van der Waals surface area (Å²) in [6.07, 6.45) is 3.54. The van der Waals surface area contributed by atoms with E-state index in [9.17, 15) is 9.18 Å². The lowest BCUT2D eigenvalue weighted by Gasteiger charge is -2.28. The molecule has 0 bridgehead atoms. The second-order valence-corrected chi connectivity index (χ2v) is 5.53. The van der Waals surface area contributed by atoms with Crippen LogP contribution in [0.4, 0.5) is 14.9 Å². The van der Waals surface area contributed by atoms with Gasteiger partial charge in [-0.15, -0.1) is 0 Å². The summed E-state index contributed by atoms with van der Waals surface area (Å²) >= 11 is 5.84. The molecule has 4 nitrogen and oxygen atoms in total. The van der Waals surface area contributed by atoms with Crippen molar-refractivity contribution in [2.75, 3.05) is 11.9 Å². The number of benzene rings is 1. The molecule has 0 spiro atoms. The minimum absolute atomic E-state index is 0.108. The first-order valence-corrected chi connectivity index (χ1v) is 7.09. The first-order valence-electron chi connectivity index (χ1n) is 6.72. The maximum Gasteiger partial charge on any atom is 0.319 e. The molecule has 6 heteroatoms. The summed E-state index contributed by atoms with van der Waals surface area (Å²) < 4.78 is 12.9. The number of hydrogen-bond acceptors (Lipinski definition) is 2. The van der Waals surface area contributed by atoms with E-state index in [4.69, 9.17) is 16.7 Å². The monoisotopic (exact) mass is 300 g/mol. The van der Waals surface area contributed by atoms with Gasteiger partial charge in [-0.25, -0.2) is 9.18 Å². The van der Waals surface area contributed by atoms with E-state index in [1.165, 1.54) is 12.1 Å². The van der Waals surface area contributed by atoms with Gasteiger partial charge in [-0.05, 0) is 49.8 Å². The Morgan fingerprint density at radius 1 is 1.35 bits per heavy atom. The van der Waals surface area contributed by atoms with Gasteiger partial charge in [-0.2, -0.15) is 0 Å². The van der Waals surface area contributed by atoms with Gasteiger partial charge in [-0.3, -0.25) is 0 Å². The summed E-state index contributed by atoms with van der Waals surface area (Å²) in [5, 5.41) is 14.7. The third-order valence-corrected chi connectivity index (χ3v) is 3.93. The average Bonchev–Trinajstić information content (AvgIpc) is 2.43. The molecule has 3 N–H and O–H groups in total. The van der Waals surface area contributed by atoms with Gasteiger partial charge >= 0.3 is 6.03 Å². The Labute approximate surface area is 122 Å². The van der Waals surface area contributed by atoms with Crippen LogP contribution in [0, 0.1) is 11.7 Å². The van der Waals surface area contributed by atoms with Crippen molar-refractivity contribution < 1.29 is 14.3 Å². The largest absolute Gasteiger partial charge is 0.396 e. The minimum atomic E-state index is -0.441. The van der Waals surface area contributed by atoms with Gasteiger partial charge in [0, 0.05) is 12.6 Å². The van der Waals surface area contributed by atoms with Crippen molar-refractivity contribution in [2.24, 2.45) is 5.92 Å². The van der Waals surface area contributed by atoms with Crippen molar-refractivity contribution >= 4 is 23.3 Å². The summed E-state index contributed by atoms with van der Waals surface area (Å²) in [6, 6.07) is 3.60. The zero-order valence-corrected chi connectivity index (χ0v) is 11.8. The van der Waals surface area contributed by atoms with Gasteiger partial charge in [0.1, 0.15) is 5.82 Å². The molecule has 1 aliphatic rings. The van der Waals surface area contributed by atoms with Gasteiger partial charge in [0.2, 0.25) is 0 Å².